The lowest BCUT2D eigenvalue weighted by Crippen LogP contribution is -2.44. The van der Waals surface area contributed by atoms with Crippen molar-refractivity contribution in [3.05, 3.63) is 60.4 Å². The maximum absolute atomic E-state index is 12.0. The Bertz CT molecular complexity index is 1110. The number of piperidine rings is 1. The number of carboxylic acid groups (broad SMARTS) is 1. The molecule has 3 heterocycles. The van der Waals surface area contributed by atoms with Crippen molar-refractivity contribution in [2.75, 3.05) is 32.5 Å². The van der Waals surface area contributed by atoms with Crippen LogP contribution in [-0.2, 0) is 4.79 Å². The fourth-order valence-corrected chi connectivity index (χ4v) is 5.57. The molecule has 3 aromatic rings. The number of ether oxygens (including phenoxy) is 1. The number of aliphatic carboxylic acids is 1. The summed E-state index contributed by atoms with van der Waals surface area (Å²) in [5.41, 5.74) is 1.61. The number of benzene rings is 1. The Balaban J connectivity index is 0.00000228. The molecule has 0 saturated carbocycles. The molecule has 1 fully saturated rings. The van der Waals surface area contributed by atoms with Crippen LogP contribution in [0.1, 0.15) is 30.9 Å². The topological polar surface area (TPSA) is 95.8 Å². The van der Waals surface area contributed by atoms with Gasteiger partial charge in [-0.1, -0.05) is 6.07 Å². The second-order valence-corrected chi connectivity index (χ2v) is 9.80. The van der Waals surface area contributed by atoms with Gasteiger partial charge < -0.3 is 19.8 Å². The van der Waals surface area contributed by atoms with Crippen molar-refractivity contribution >= 4 is 65.9 Å². The van der Waals surface area contributed by atoms with Gasteiger partial charge in [0, 0.05) is 36.6 Å². The Hall–Kier alpha value is -1.81. The second kappa shape index (κ2) is 16.2. The van der Waals surface area contributed by atoms with Gasteiger partial charge in [0.25, 0.3) is 0 Å². The molecule has 37 heavy (non-hydrogen) atoms. The summed E-state index contributed by atoms with van der Waals surface area (Å²) in [6, 6.07) is 13.3. The maximum Gasteiger partial charge on any atom is 0.308 e. The number of methoxy groups -OCH3 is 1. The number of hydrogen-bond donors (Lipinski definition) is 2. The molecule has 1 saturated heterocycles. The first-order chi connectivity index (χ1) is 16.5. The van der Waals surface area contributed by atoms with Gasteiger partial charge in [0.15, 0.2) is 0 Å². The van der Waals surface area contributed by atoms with Gasteiger partial charge >= 0.3 is 5.97 Å². The lowest BCUT2D eigenvalue weighted by atomic mass is 9.81. The zero-order valence-electron chi connectivity index (χ0n) is 20.6. The van der Waals surface area contributed by atoms with E-state index in [0.29, 0.717) is 25.1 Å². The minimum absolute atomic E-state index is 0. The van der Waals surface area contributed by atoms with Gasteiger partial charge in [0.05, 0.1) is 29.7 Å². The molecule has 1 aliphatic heterocycles. The molecule has 7 nitrogen and oxygen atoms in total. The number of nitrogens with zero attached hydrogens (tertiary/aromatic N) is 3. The van der Waals surface area contributed by atoms with Crippen LogP contribution in [0.15, 0.2) is 59.9 Å². The Morgan fingerprint density at radius 2 is 1.97 bits per heavy atom. The summed E-state index contributed by atoms with van der Waals surface area (Å²) in [6.07, 6.45) is 4.81. The third kappa shape index (κ3) is 8.87. The first kappa shape index (κ1) is 33.2. The summed E-state index contributed by atoms with van der Waals surface area (Å²) in [6.45, 7) is 2.27. The van der Waals surface area contributed by atoms with E-state index in [1.54, 1.807) is 31.3 Å². The van der Waals surface area contributed by atoms with Crippen LogP contribution in [0.4, 0.5) is 0 Å². The van der Waals surface area contributed by atoms with E-state index in [0.717, 1.165) is 46.8 Å². The molecule has 0 spiro atoms. The average molecular weight is 591 g/mol. The Morgan fingerprint density at radius 3 is 2.68 bits per heavy atom. The van der Waals surface area contributed by atoms with Crippen LogP contribution in [-0.4, -0.2) is 63.5 Å². The molecular weight excluding hydrogens is 557 g/mol. The monoisotopic (exact) mass is 589 g/mol. The van der Waals surface area contributed by atoms with Crippen molar-refractivity contribution in [3.63, 3.8) is 0 Å². The molecule has 4 rings (SSSR count). The molecule has 11 heteroatoms. The van der Waals surface area contributed by atoms with E-state index in [1.807, 2.05) is 42.5 Å². The number of thioether (sulfide) groups is 1. The van der Waals surface area contributed by atoms with Crippen molar-refractivity contribution in [2.24, 2.45) is 11.8 Å². The van der Waals surface area contributed by atoms with E-state index in [2.05, 4.69) is 14.9 Å². The highest BCUT2D eigenvalue weighted by molar-refractivity contribution is 7.99. The number of aromatic nitrogens is 2. The summed E-state index contributed by atoms with van der Waals surface area (Å²) in [5.74, 6) is 0.476. The van der Waals surface area contributed by atoms with E-state index >= 15 is 0 Å². The fraction of sp³-hybridized carbons (Fsp3) is 0.423. The predicted octanol–water partition coefficient (Wildman–Crippen LogP) is 5.53. The molecule has 1 aliphatic rings. The molecular formula is C26H34Cl3N3O4S. The van der Waals surface area contributed by atoms with E-state index in [9.17, 15) is 15.0 Å². The van der Waals surface area contributed by atoms with Gasteiger partial charge in [-0.25, -0.2) is 4.98 Å². The number of halogens is 3. The van der Waals surface area contributed by atoms with Gasteiger partial charge in [-0.2, -0.15) is 0 Å². The summed E-state index contributed by atoms with van der Waals surface area (Å²) >= 11 is 1.69. The Kier molecular flexibility index (Phi) is 14.6. The molecule has 0 radical (unpaired) electrons. The van der Waals surface area contributed by atoms with Crippen LogP contribution in [0.2, 0.25) is 0 Å². The highest BCUT2D eigenvalue weighted by Crippen LogP contribution is 2.34. The number of aliphatic hydroxyl groups excluding tert-OH is 1. The predicted molar refractivity (Wildman–Crippen MR) is 155 cm³/mol. The first-order valence-electron chi connectivity index (χ1n) is 11.6. The molecule has 2 N–H and O–H groups in total. The van der Waals surface area contributed by atoms with Crippen LogP contribution in [0.5, 0.6) is 5.75 Å². The quantitative estimate of drug-likeness (QED) is 0.298. The lowest BCUT2D eigenvalue weighted by molar-refractivity contribution is -0.146. The van der Waals surface area contributed by atoms with E-state index < -0.39 is 18.0 Å². The Morgan fingerprint density at radius 1 is 1.16 bits per heavy atom. The largest absolute Gasteiger partial charge is 0.497 e. The third-order valence-corrected chi connectivity index (χ3v) is 7.53. The van der Waals surface area contributed by atoms with Crippen LogP contribution < -0.4 is 4.74 Å². The standard InChI is InChI=1S/C26H31N3O4S.3ClH/c1-33-19-6-7-23-21(16-19)20(9-12-27-23)24(30)8-5-18-10-13-29(17-22(18)26(31)32)14-15-34-25-4-2-3-11-28-25;;;/h2-4,6-7,9,11-12,16,18,22,24,30H,5,8,10,13-15,17H2,1H3,(H,31,32);3*1H/t18-,22+,24+;;;/m1.../s1. The van der Waals surface area contributed by atoms with Crippen LogP contribution in [0.3, 0.4) is 0 Å². The highest BCUT2D eigenvalue weighted by Gasteiger charge is 2.34. The zero-order valence-corrected chi connectivity index (χ0v) is 23.8. The maximum atomic E-state index is 12.0. The van der Waals surface area contributed by atoms with Gasteiger partial charge in [-0.05, 0) is 73.7 Å². The first-order valence-corrected chi connectivity index (χ1v) is 12.6. The number of aliphatic hydroxyl groups is 1. The normalized spacial score (nSPS) is 18.1. The van der Waals surface area contributed by atoms with Crippen molar-refractivity contribution in [2.45, 2.75) is 30.4 Å². The molecule has 0 bridgehead atoms. The van der Waals surface area contributed by atoms with Gasteiger partial charge in [-0.15, -0.1) is 49.0 Å². The summed E-state index contributed by atoms with van der Waals surface area (Å²) < 4.78 is 5.33. The number of carboxylic acids is 1. The molecule has 204 valence electrons. The van der Waals surface area contributed by atoms with Gasteiger partial charge in [0.1, 0.15) is 5.75 Å². The lowest BCUT2D eigenvalue weighted by Gasteiger charge is -2.36. The average Bonchev–Trinajstić information content (AvgIpc) is 2.87. The summed E-state index contributed by atoms with van der Waals surface area (Å²) in [7, 11) is 1.61. The minimum Gasteiger partial charge on any atom is -0.497 e. The number of carbonyl (C=O) groups is 1. The molecule has 0 unspecified atom stereocenters. The number of likely N-dealkylation sites (tertiary alicyclic amines) is 1. The van der Waals surface area contributed by atoms with Gasteiger partial charge in [-0.3, -0.25) is 9.78 Å². The van der Waals surface area contributed by atoms with E-state index in [1.165, 1.54) is 0 Å². The van der Waals surface area contributed by atoms with Crippen molar-refractivity contribution < 1.29 is 19.7 Å². The molecule has 3 atom stereocenters. The highest BCUT2D eigenvalue weighted by atomic mass is 35.5. The van der Waals surface area contributed by atoms with Crippen molar-refractivity contribution in [3.8, 4) is 5.75 Å². The number of pyridine rings is 2. The Labute approximate surface area is 240 Å². The summed E-state index contributed by atoms with van der Waals surface area (Å²) in [4.78, 5) is 23.0. The third-order valence-electron chi connectivity index (χ3n) is 6.60. The number of hydrogen-bond acceptors (Lipinski definition) is 7. The SMILES string of the molecule is COc1ccc2nccc([C@@H](O)CC[C@@H]3CCN(CCSc4ccccn4)C[C@@H]3C(=O)O)c2c1.Cl.Cl.Cl. The second-order valence-electron chi connectivity index (χ2n) is 8.69. The number of rotatable bonds is 10. The fourth-order valence-electron chi connectivity index (χ4n) is 4.70. The van der Waals surface area contributed by atoms with E-state index in [4.69, 9.17) is 4.74 Å². The van der Waals surface area contributed by atoms with Crippen LogP contribution in [0.25, 0.3) is 10.9 Å². The molecule has 2 aromatic heterocycles. The zero-order chi connectivity index (χ0) is 23.9. The number of fused-ring (bicyclic) bond motifs is 1. The summed E-state index contributed by atoms with van der Waals surface area (Å²) in [5, 5.41) is 22.7. The smallest absolute Gasteiger partial charge is 0.308 e. The van der Waals surface area contributed by atoms with Gasteiger partial charge in [0.2, 0.25) is 0 Å². The molecule has 1 aromatic carbocycles. The van der Waals surface area contributed by atoms with Crippen LogP contribution >= 0.6 is 49.0 Å². The molecule has 0 aliphatic carbocycles. The van der Waals surface area contributed by atoms with Crippen molar-refractivity contribution in [1.29, 1.82) is 0 Å². The van der Waals surface area contributed by atoms with Crippen molar-refractivity contribution in [1.82, 2.24) is 14.9 Å². The van der Waals surface area contributed by atoms with Crippen LogP contribution in [0, 0.1) is 11.8 Å². The minimum atomic E-state index is -0.749. The molecule has 0 amide bonds. The van der Waals surface area contributed by atoms with E-state index in [-0.39, 0.29) is 43.1 Å².